The van der Waals surface area contributed by atoms with Crippen LogP contribution in [0.25, 0.3) is 0 Å². The van der Waals surface area contributed by atoms with Gasteiger partial charge in [-0.2, -0.15) is 0 Å². The van der Waals surface area contributed by atoms with Gasteiger partial charge in [-0.1, -0.05) is 29.1 Å². The highest BCUT2D eigenvalue weighted by molar-refractivity contribution is 8.95. The summed E-state index contributed by atoms with van der Waals surface area (Å²) in [5.74, 6) is 3.78. The zero-order valence-corrected chi connectivity index (χ0v) is 7.54. The van der Waals surface area contributed by atoms with Crippen molar-refractivity contribution in [2.45, 2.75) is 5.25 Å². The maximum atomic E-state index is 5.18. The SMILES string of the molecule is C#CC1CS[PH](=S)S1. The highest BCUT2D eigenvalue weighted by Gasteiger charge is 2.16. The van der Waals surface area contributed by atoms with Crippen molar-refractivity contribution in [2.75, 3.05) is 5.75 Å². The van der Waals surface area contributed by atoms with E-state index in [0.717, 1.165) is 5.75 Å². The van der Waals surface area contributed by atoms with Crippen LogP contribution in [-0.4, -0.2) is 11.0 Å². The third-order valence-corrected chi connectivity index (χ3v) is 8.99. The first-order valence-electron chi connectivity index (χ1n) is 2.12. The second kappa shape index (κ2) is 3.17. The topological polar surface area (TPSA) is 0 Å². The van der Waals surface area contributed by atoms with E-state index in [9.17, 15) is 0 Å². The molecular weight excluding hydrogens is 175 g/mol. The molecule has 1 aliphatic rings. The Morgan fingerprint density at radius 1 is 1.88 bits per heavy atom. The molecule has 0 N–H and O–H groups in total. The summed E-state index contributed by atoms with van der Waals surface area (Å²) in [6, 6.07) is 0. The van der Waals surface area contributed by atoms with Crippen LogP contribution in [0.2, 0.25) is 0 Å². The predicted octanol–water partition coefficient (Wildman–Crippen LogP) is 1.97. The van der Waals surface area contributed by atoms with Gasteiger partial charge in [-0.25, -0.2) is 0 Å². The van der Waals surface area contributed by atoms with E-state index < -0.39 is 5.10 Å². The van der Waals surface area contributed by atoms with Crippen LogP contribution in [0.4, 0.5) is 0 Å². The number of hydrogen-bond acceptors (Lipinski definition) is 3. The molecule has 44 valence electrons. The van der Waals surface area contributed by atoms with Crippen LogP contribution in [0.15, 0.2) is 0 Å². The van der Waals surface area contributed by atoms with Crippen molar-refractivity contribution in [1.82, 2.24) is 0 Å². The van der Waals surface area contributed by atoms with E-state index in [2.05, 4.69) is 5.92 Å². The second-order valence-corrected chi connectivity index (χ2v) is 10.8. The second-order valence-electron chi connectivity index (χ2n) is 1.33. The maximum absolute atomic E-state index is 5.18. The number of terminal acetylenes is 1. The van der Waals surface area contributed by atoms with Gasteiger partial charge in [0.05, 0.1) is 5.25 Å². The number of rotatable bonds is 0. The van der Waals surface area contributed by atoms with E-state index in [0.29, 0.717) is 5.25 Å². The van der Waals surface area contributed by atoms with Gasteiger partial charge in [-0.3, -0.25) is 0 Å². The van der Waals surface area contributed by atoms with Gasteiger partial charge in [0.1, 0.15) is 0 Å². The summed E-state index contributed by atoms with van der Waals surface area (Å²) >= 11 is 8.75. The highest BCUT2D eigenvalue weighted by Crippen LogP contribution is 2.59. The molecule has 2 atom stereocenters. The first-order chi connectivity index (χ1) is 3.83. The molecule has 0 amide bonds. The fourth-order valence-corrected chi connectivity index (χ4v) is 8.55. The van der Waals surface area contributed by atoms with Gasteiger partial charge in [0.15, 0.2) is 0 Å². The van der Waals surface area contributed by atoms with E-state index in [1.54, 1.807) is 0 Å². The molecule has 1 heterocycles. The molecule has 1 fully saturated rings. The normalized spacial score (nSPS) is 36.9. The van der Waals surface area contributed by atoms with Gasteiger partial charge in [-0.05, 0) is 0 Å². The minimum atomic E-state index is -0.543. The summed E-state index contributed by atoms with van der Waals surface area (Å²) in [6.45, 7) is 0. The molecule has 0 aliphatic carbocycles. The van der Waals surface area contributed by atoms with Crippen LogP contribution < -0.4 is 0 Å². The fourth-order valence-electron chi connectivity index (χ4n) is 0.410. The molecular formula is C4H5PS3. The molecule has 0 aromatic heterocycles. The Hall–Kier alpha value is 0.910. The first kappa shape index (κ1) is 7.02. The average Bonchev–Trinajstić information content (AvgIpc) is 2.14. The summed E-state index contributed by atoms with van der Waals surface area (Å²) in [5, 5.41) is -0.121. The number of hydrogen-bond donors (Lipinski definition) is 0. The summed E-state index contributed by atoms with van der Waals surface area (Å²) < 4.78 is 0. The summed E-state index contributed by atoms with van der Waals surface area (Å²) in [4.78, 5) is 0. The standard InChI is InChI=1S/C4H5PS3/c1-2-4-3-7-5(6)8-4/h1,4-5H,3H2. The minimum absolute atomic E-state index is 0.423. The molecule has 0 aromatic rings. The third-order valence-electron chi connectivity index (χ3n) is 0.777. The minimum Gasteiger partial charge on any atom is -0.119 e. The Labute approximate surface area is 63.1 Å². The molecule has 0 radical (unpaired) electrons. The molecule has 0 aromatic carbocycles. The zero-order chi connectivity index (χ0) is 5.98. The smallest absolute Gasteiger partial charge is 0.0802 e. The van der Waals surface area contributed by atoms with Crippen LogP contribution in [0, 0.1) is 12.3 Å². The zero-order valence-electron chi connectivity index (χ0n) is 4.09. The van der Waals surface area contributed by atoms with Crippen LogP contribution >= 0.6 is 27.9 Å². The van der Waals surface area contributed by atoms with Gasteiger partial charge < -0.3 is 0 Å². The van der Waals surface area contributed by atoms with Crippen molar-refractivity contribution in [3.05, 3.63) is 0 Å². The lowest BCUT2D eigenvalue weighted by Crippen LogP contribution is -1.92. The van der Waals surface area contributed by atoms with E-state index >= 15 is 0 Å². The molecule has 0 spiro atoms. The summed E-state index contributed by atoms with van der Waals surface area (Å²) in [5.41, 5.74) is 0. The fraction of sp³-hybridized carbons (Fsp3) is 0.500. The Bertz CT molecular complexity index is 148. The van der Waals surface area contributed by atoms with Crippen molar-refractivity contribution < 1.29 is 0 Å². The Kier molecular flexibility index (Phi) is 2.79. The highest BCUT2D eigenvalue weighted by atomic mass is 33.2. The largest absolute Gasteiger partial charge is 0.119 e. The van der Waals surface area contributed by atoms with Gasteiger partial charge >= 0.3 is 0 Å². The quantitative estimate of drug-likeness (QED) is 0.413. The van der Waals surface area contributed by atoms with Gasteiger partial charge in [0, 0.05) is 10.9 Å². The summed E-state index contributed by atoms with van der Waals surface area (Å²) in [6.07, 6.45) is 5.18. The van der Waals surface area contributed by atoms with Crippen LogP contribution in [0.5, 0.6) is 0 Å². The molecule has 4 heteroatoms. The molecule has 1 saturated heterocycles. The third kappa shape index (κ3) is 1.70. The van der Waals surface area contributed by atoms with Crippen molar-refractivity contribution in [1.29, 1.82) is 0 Å². The Morgan fingerprint density at radius 3 is 2.88 bits per heavy atom. The monoisotopic (exact) mass is 180 g/mol. The lowest BCUT2D eigenvalue weighted by atomic mass is 10.5. The average molecular weight is 180 g/mol. The molecule has 2 unspecified atom stereocenters. The van der Waals surface area contributed by atoms with E-state index in [-0.39, 0.29) is 0 Å². The molecule has 8 heavy (non-hydrogen) atoms. The van der Waals surface area contributed by atoms with E-state index in [1.807, 2.05) is 22.8 Å². The molecule has 0 nitrogen and oxygen atoms in total. The lowest BCUT2D eigenvalue weighted by molar-refractivity contribution is 1.35. The Balaban J connectivity index is 2.47. The molecule has 0 saturated carbocycles. The maximum Gasteiger partial charge on any atom is 0.0802 e. The van der Waals surface area contributed by atoms with Crippen LogP contribution in [-0.2, 0) is 11.8 Å². The van der Waals surface area contributed by atoms with Crippen LogP contribution in [0.3, 0.4) is 0 Å². The molecule has 1 aliphatic heterocycles. The summed E-state index contributed by atoms with van der Waals surface area (Å²) in [7, 11) is 0. The van der Waals surface area contributed by atoms with Gasteiger partial charge in [-0.15, -0.1) is 17.8 Å². The van der Waals surface area contributed by atoms with Crippen LogP contribution in [0.1, 0.15) is 0 Å². The van der Waals surface area contributed by atoms with Gasteiger partial charge in [0.25, 0.3) is 0 Å². The van der Waals surface area contributed by atoms with Crippen molar-refractivity contribution in [2.24, 2.45) is 0 Å². The van der Waals surface area contributed by atoms with Crippen molar-refractivity contribution in [3.63, 3.8) is 0 Å². The lowest BCUT2D eigenvalue weighted by Gasteiger charge is -1.89. The first-order valence-corrected chi connectivity index (χ1v) is 8.07. The van der Waals surface area contributed by atoms with E-state index in [4.69, 9.17) is 18.2 Å². The molecule has 1 rings (SSSR count). The van der Waals surface area contributed by atoms with Crippen molar-refractivity contribution >= 4 is 39.7 Å². The Morgan fingerprint density at radius 2 is 2.62 bits per heavy atom. The predicted molar refractivity (Wildman–Crippen MR) is 48.4 cm³/mol. The van der Waals surface area contributed by atoms with Crippen molar-refractivity contribution in [3.8, 4) is 12.3 Å². The molecule has 0 bridgehead atoms. The van der Waals surface area contributed by atoms with E-state index in [1.165, 1.54) is 0 Å². The van der Waals surface area contributed by atoms with Gasteiger partial charge in [0.2, 0.25) is 0 Å².